The molecule has 0 spiro atoms. The third-order valence-corrected chi connectivity index (χ3v) is 5.87. The maximum Gasteiger partial charge on any atom is 0.165 e. The van der Waals surface area contributed by atoms with Gasteiger partial charge in [-0.3, -0.25) is 9.78 Å². The van der Waals surface area contributed by atoms with E-state index >= 15 is 4.39 Å². The van der Waals surface area contributed by atoms with Crippen LogP contribution in [0.15, 0.2) is 30.7 Å². The smallest absolute Gasteiger partial charge is 0.165 e. The molecule has 1 aliphatic rings. The lowest BCUT2D eigenvalue weighted by molar-refractivity contribution is -0.113. The Kier molecular flexibility index (Phi) is 6.37. The molecule has 6 nitrogen and oxygen atoms in total. The summed E-state index contributed by atoms with van der Waals surface area (Å²) in [6, 6.07) is 3.94. The van der Waals surface area contributed by atoms with Crippen LogP contribution in [0.25, 0.3) is 17.3 Å². The van der Waals surface area contributed by atoms with Gasteiger partial charge in [-0.15, -0.1) is 0 Å². The molecule has 0 bridgehead atoms. The Balaban J connectivity index is 1.76. The van der Waals surface area contributed by atoms with E-state index in [4.69, 9.17) is 0 Å². The van der Waals surface area contributed by atoms with Crippen LogP contribution < -0.4 is 10.2 Å². The predicted octanol–water partition coefficient (Wildman–Crippen LogP) is 4.19. The largest absolute Gasteiger partial charge is 0.369 e. The number of halogens is 1. The summed E-state index contributed by atoms with van der Waals surface area (Å²) in [5.41, 5.74) is 4.58. The Bertz CT molecular complexity index is 1160. The first-order valence-electron chi connectivity index (χ1n) is 11.2. The number of piperazine rings is 1. The van der Waals surface area contributed by atoms with Gasteiger partial charge in [-0.1, -0.05) is 6.92 Å². The lowest BCUT2D eigenvalue weighted by Gasteiger charge is -2.34. The van der Waals surface area contributed by atoms with E-state index in [-0.39, 0.29) is 11.6 Å². The number of allylic oxidation sites excluding steroid dienone is 1. The molecular formula is C25H30FN5O. The first-order valence-corrected chi connectivity index (χ1v) is 11.2. The number of carbonyl (C=O) groups is 1. The van der Waals surface area contributed by atoms with Crippen molar-refractivity contribution in [1.29, 1.82) is 0 Å². The highest BCUT2D eigenvalue weighted by atomic mass is 19.1. The van der Waals surface area contributed by atoms with Gasteiger partial charge in [-0.25, -0.2) is 9.37 Å². The lowest BCUT2D eigenvalue weighted by Crippen LogP contribution is -2.49. The standard InChI is InChI=1S/C25H30FN5O/c1-5-6-24(32)21(23-15-31-14-18(4)28-12-25(31)29-23)11-20-16(2)9-19(10-22(20)26)30-8-7-27-17(3)13-30/h9-12,14-15,17,27H,5-8,13H2,1-4H3/b21-11-/t17-/m0/s1. The second-order valence-corrected chi connectivity index (χ2v) is 8.61. The van der Waals surface area contributed by atoms with Crippen LogP contribution in [0.5, 0.6) is 0 Å². The molecule has 2 aromatic heterocycles. The molecule has 0 radical (unpaired) electrons. The molecule has 1 atom stereocenters. The normalized spacial score (nSPS) is 17.2. The van der Waals surface area contributed by atoms with E-state index in [1.165, 1.54) is 0 Å². The van der Waals surface area contributed by atoms with Gasteiger partial charge in [0.15, 0.2) is 11.4 Å². The fraction of sp³-hybridized carbons (Fsp3) is 0.400. The summed E-state index contributed by atoms with van der Waals surface area (Å²) < 4.78 is 17.2. The van der Waals surface area contributed by atoms with Crippen molar-refractivity contribution < 1.29 is 9.18 Å². The minimum absolute atomic E-state index is 0.0422. The fourth-order valence-corrected chi connectivity index (χ4v) is 4.20. The minimum atomic E-state index is -0.325. The van der Waals surface area contributed by atoms with Gasteiger partial charge in [0.25, 0.3) is 0 Å². The topological polar surface area (TPSA) is 62.5 Å². The molecule has 32 heavy (non-hydrogen) atoms. The van der Waals surface area contributed by atoms with Crippen LogP contribution in [-0.2, 0) is 4.79 Å². The first kappa shape index (κ1) is 22.1. The number of nitrogens with one attached hydrogen (secondary N) is 1. The average molecular weight is 436 g/mol. The molecule has 3 aromatic rings. The monoisotopic (exact) mass is 435 g/mol. The van der Waals surface area contributed by atoms with E-state index < -0.39 is 0 Å². The van der Waals surface area contributed by atoms with E-state index in [0.29, 0.717) is 41.4 Å². The summed E-state index contributed by atoms with van der Waals surface area (Å²) in [6.07, 6.45) is 8.11. The average Bonchev–Trinajstić information content (AvgIpc) is 3.16. The Morgan fingerprint density at radius 2 is 2.12 bits per heavy atom. The van der Waals surface area contributed by atoms with Crippen molar-refractivity contribution in [3.05, 3.63) is 59.1 Å². The van der Waals surface area contributed by atoms with Crippen LogP contribution in [-0.4, -0.2) is 45.8 Å². The molecule has 1 N–H and O–H groups in total. The van der Waals surface area contributed by atoms with Gasteiger partial charge < -0.3 is 14.6 Å². The Morgan fingerprint density at radius 1 is 1.31 bits per heavy atom. The number of hydrogen-bond donors (Lipinski definition) is 1. The Hall–Kier alpha value is -3.06. The zero-order valence-electron chi connectivity index (χ0n) is 19.2. The molecule has 0 amide bonds. The number of anilines is 1. The summed E-state index contributed by atoms with van der Waals surface area (Å²) >= 11 is 0. The molecule has 0 saturated carbocycles. The molecule has 1 aliphatic heterocycles. The van der Waals surface area contributed by atoms with Gasteiger partial charge in [0.2, 0.25) is 0 Å². The highest BCUT2D eigenvalue weighted by Gasteiger charge is 2.20. The number of fused-ring (bicyclic) bond motifs is 1. The molecular weight excluding hydrogens is 405 g/mol. The second-order valence-electron chi connectivity index (χ2n) is 8.61. The second kappa shape index (κ2) is 9.20. The summed E-state index contributed by atoms with van der Waals surface area (Å²) in [7, 11) is 0. The zero-order valence-corrected chi connectivity index (χ0v) is 19.2. The van der Waals surface area contributed by atoms with Crippen molar-refractivity contribution in [2.24, 2.45) is 0 Å². The Labute approximate surface area is 188 Å². The van der Waals surface area contributed by atoms with Gasteiger partial charge in [0.05, 0.1) is 17.6 Å². The van der Waals surface area contributed by atoms with Crippen LogP contribution >= 0.6 is 0 Å². The van der Waals surface area contributed by atoms with Crippen LogP contribution in [0.1, 0.15) is 49.2 Å². The van der Waals surface area contributed by atoms with E-state index in [1.807, 2.05) is 43.6 Å². The van der Waals surface area contributed by atoms with Crippen molar-refractivity contribution >= 4 is 28.8 Å². The van der Waals surface area contributed by atoms with Crippen LogP contribution in [0.3, 0.4) is 0 Å². The number of aryl methyl sites for hydroxylation is 2. The number of carbonyl (C=O) groups excluding carboxylic acids is 1. The molecule has 0 aliphatic carbocycles. The summed E-state index contributed by atoms with van der Waals surface area (Å²) in [4.78, 5) is 24.1. The highest BCUT2D eigenvalue weighted by molar-refractivity contribution is 6.24. The van der Waals surface area contributed by atoms with E-state index in [9.17, 15) is 4.79 Å². The van der Waals surface area contributed by atoms with Crippen molar-refractivity contribution in [1.82, 2.24) is 19.7 Å². The maximum absolute atomic E-state index is 15.3. The number of aromatic nitrogens is 3. The molecule has 168 valence electrons. The fourth-order valence-electron chi connectivity index (χ4n) is 4.20. The number of ketones is 1. The molecule has 3 heterocycles. The zero-order chi connectivity index (χ0) is 22.8. The van der Waals surface area contributed by atoms with Gasteiger partial charge in [0.1, 0.15) is 5.82 Å². The number of nitrogens with zero attached hydrogens (tertiary/aromatic N) is 4. The van der Waals surface area contributed by atoms with Gasteiger partial charge in [0, 0.05) is 61.3 Å². The number of rotatable bonds is 6. The van der Waals surface area contributed by atoms with Gasteiger partial charge in [-0.05, 0) is 51.0 Å². The van der Waals surface area contributed by atoms with Crippen molar-refractivity contribution in [2.75, 3.05) is 24.5 Å². The molecule has 0 unspecified atom stereocenters. The number of imidazole rings is 1. The van der Waals surface area contributed by atoms with E-state index in [2.05, 4.69) is 27.1 Å². The summed E-state index contributed by atoms with van der Waals surface area (Å²) in [5, 5.41) is 3.41. The number of benzene rings is 1. The van der Waals surface area contributed by atoms with Gasteiger partial charge in [-0.2, -0.15) is 0 Å². The third-order valence-electron chi connectivity index (χ3n) is 5.87. The lowest BCUT2D eigenvalue weighted by atomic mass is 9.98. The summed E-state index contributed by atoms with van der Waals surface area (Å²) in [5.74, 6) is -0.367. The molecule has 7 heteroatoms. The highest BCUT2D eigenvalue weighted by Crippen LogP contribution is 2.28. The maximum atomic E-state index is 15.3. The quantitative estimate of drug-likeness (QED) is 0.588. The van der Waals surface area contributed by atoms with Crippen molar-refractivity contribution in [3.63, 3.8) is 0 Å². The van der Waals surface area contributed by atoms with Gasteiger partial charge >= 0.3 is 0 Å². The van der Waals surface area contributed by atoms with Crippen LogP contribution in [0.4, 0.5) is 10.1 Å². The summed E-state index contributed by atoms with van der Waals surface area (Å²) in [6.45, 7) is 10.4. The molecule has 1 aromatic carbocycles. The van der Waals surface area contributed by atoms with Crippen molar-refractivity contribution in [3.8, 4) is 0 Å². The SMILES string of the molecule is CCCC(=O)/C(=C\c1c(C)cc(N2CCN[C@@H](C)C2)cc1F)c1cn2cc(C)ncc2n1. The number of Topliss-reactive ketones (excluding diaryl/α,β-unsaturated/α-hetero) is 1. The molecule has 1 saturated heterocycles. The molecule has 4 rings (SSSR count). The first-order chi connectivity index (χ1) is 15.4. The van der Waals surface area contributed by atoms with Crippen molar-refractivity contribution in [2.45, 2.75) is 46.6 Å². The van der Waals surface area contributed by atoms with Crippen LogP contribution in [0.2, 0.25) is 0 Å². The Morgan fingerprint density at radius 3 is 2.84 bits per heavy atom. The molecule has 1 fully saturated rings. The predicted molar refractivity (Wildman–Crippen MR) is 126 cm³/mol. The third kappa shape index (κ3) is 4.58. The number of hydrogen-bond acceptors (Lipinski definition) is 5. The van der Waals surface area contributed by atoms with E-state index in [1.54, 1.807) is 18.3 Å². The van der Waals surface area contributed by atoms with E-state index in [0.717, 1.165) is 36.6 Å². The van der Waals surface area contributed by atoms with Crippen LogP contribution in [0, 0.1) is 19.7 Å². The minimum Gasteiger partial charge on any atom is -0.369 e.